The highest BCUT2D eigenvalue weighted by atomic mass is 32.1. The van der Waals surface area contributed by atoms with Crippen molar-refractivity contribution >= 4 is 41.2 Å². The van der Waals surface area contributed by atoms with E-state index in [1.807, 2.05) is 0 Å². The molecule has 0 aliphatic carbocycles. The van der Waals surface area contributed by atoms with Gasteiger partial charge < -0.3 is 23.7 Å². The first kappa shape index (κ1) is 23.4. The molecule has 0 aliphatic heterocycles. The second kappa shape index (κ2) is 9.75. The Labute approximate surface area is 179 Å². The van der Waals surface area contributed by atoms with Crippen LogP contribution in [0.15, 0.2) is 6.07 Å². The van der Waals surface area contributed by atoms with Gasteiger partial charge in [0, 0.05) is 0 Å². The van der Waals surface area contributed by atoms with E-state index >= 15 is 0 Å². The lowest BCUT2D eigenvalue weighted by Gasteiger charge is -2.11. The normalized spacial score (nSPS) is 10.1. The first-order valence-electron chi connectivity index (χ1n) is 8.21. The zero-order valence-electron chi connectivity index (χ0n) is 17.0. The standard InChI is InChI=1S/C18H16N2O10S/c1-26-14(21)7-6-8(15(22)27-2)19-10(9(7)16(23)28-3)13-20-11(17(24)29-4)12(31-13)18(25)30-5/h6H,1-5H3. The van der Waals surface area contributed by atoms with Gasteiger partial charge in [-0.3, -0.25) is 0 Å². The van der Waals surface area contributed by atoms with Gasteiger partial charge in [0.1, 0.15) is 26.8 Å². The van der Waals surface area contributed by atoms with Crippen LogP contribution in [0.2, 0.25) is 0 Å². The Morgan fingerprint density at radius 2 is 1.26 bits per heavy atom. The third kappa shape index (κ3) is 4.50. The Balaban J connectivity index is 2.94. The number of aromatic nitrogens is 2. The van der Waals surface area contributed by atoms with Crippen LogP contribution in [-0.2, 0) is 23.7 Å². The number of carbonyl (C=O) groups excluding carboxylic acids is 5. The fourth-order valence-electron chi connectivity index (χ4n) is 2.38. The summed E-state index contributed by atoms with van der Waals surface area (Å²) in [5.41, 5.74) is -1.85. The molecule has 2 rings (SSSR count). The maximum absolute atomic E-state index is 12.5. The lowest BCUT2D eigenvalue weighted by atomic mass is 10.0. The summed E-state index contributed by atoms with van der Waals surface area (Å²) >= 11 is 0.626. The predicted molar refractivity (Wildman–Crippen MR) is 102 cm³/mol. The van der Waals surface area contributed by atoms with Gasteiger partial charge in [0.2, 0.25) is 0 Å². The Hall–Kier alpha value is -3.87. The minimum Gasteiger partial charge on any atom is -0.465 e. The molecule has 2 aromatic heterocycles. The molecule has 12 nitrogen and oxygen atoms in total. The molecule has 164 valence electrons. The van der Waals surface area contributed by atoms with Gasteiger partial charge in [-0.2, -0.15) is 0 Å². The molecule has 0 aliphatic rings. The number of rotatable bonds is 6. The number of esters is 5. The first-order valence-corrected chi connectivity index (χ1v) is 9.03. The van der Waals surface area contributed by atoms with Crippen LogP contribution < -0.4 is 0 Å². The molecule has 0 saturated heterocycles. The van der Waals surface area contributed by atoms with Gasteiger partial charge in [0.05, 0.1) is 41.1 Å². The minimum absolute atomic E-state index is 0.169. The van der Waals surface area contributed by atoms with Crippen molar-refractivity contribution in [2.24, 2.45) is 0 Å². The predicted octanol–water partition coefficient (Wildman–Crippen LogP) is 1.14. The largest absolute Gasteiger partial charge is 0.465 e. The number of nitrogens with zero attached hydrogens (tertiary/aromatic N) is 2. The SMILES string of the molecule is COC(=O)c1cc(C(=O)OC)c(C(=O)OC)c(-c2nc(C(=O)OC)c(C(=O)OC)s2)n1. The summed E-state index contributed by atoms with van der Waals surface area (Å²) < 4.78 is 23.3. The van der Waals surface area contributed by atoms with Crippen LogP contribution in [-0.4, -0.2) is 75.4 Å². The van der Waals surface area contributed by atoms with E-state index in [4.69, 9.17) is 4.74 Å². The van der Waals surface area contributed by atoms with E-state index in [9.17, 15) is 24.0 Å². The van der Waals surface area contributed by atoms with E-state index in [1.165, 1.54) is 0 Å². The van der Waals surface area contributed by atoms with Gasteiger partial charge in [0.15, 0.2) is 5.69 Å². The highest BCUT2D eigenvalue weighted by Crippen LogP contribution is 2.33. The van der Waals surface area contributed by atoms with Gasteiger partial charge in [0.25, 0.3) is 0 Å². The number of hydrogen-bond donors (Lipinski definition) is 0. The summed E-state index contributed by atoms with van der Waals surface area (Å²) in [7, 11) is 5.38. The zero-order valence-corrected chi connectivity index (χ0v) is 17.8. The van der Waals surface area contributed by atoms with E-state index in [2.05, 4.69) is 28.9 Å². The van der Waals surface area contributed by atoms with Crippen LogP contribution in [0, 0.1) is 0 Å². The van der Waals surface area contributed by atoms with Crippen LogP contribution in [0.25, 0.3) is 10.7 Å². The zero-order chi connectivity index (χ0) is 23.3. The lowest BCUT2D eigenvalue weighted by molar-refractivity contribution is 0.0551. The molecule has 0 saturated carbocycles. The van der Waals surface area contributed by atoms with E-state index in [1.54, 1.807) is 0 Å². The van der Waals surface area contributed by atoms with Crippen molar-refractivity contribution in [3.8, 4) is 10.7 Å². The molecule has 0 spiro atoms. The van der Waals surface area contributed by atoms with E-state index in [-0.39, 0.29) is 26.8 Å². The molecule has 0 N–H and O–H groups in total. The third-order valence-corrected chi connectivity index (χ3v) is 4.83. The summed E-state index contributed by atoms with van der Waals surface area (Å²) in [6.07, 6.45) is 0. The Morgan fingerprint density at radius 1 is 0.710 bits per heavy atom. The van der Waals surface area contributed by atoms with Crippen molar-refractivity contribution in [2.45, 2.75) is 0 Å². The van der Waals surface area contributed by atoms with Crippen LogP contribution in [0.4, 0.5) is 0 Å². The highest BCUT2D eigenvalue weighted by Gasteiger charge is 2.32. The molecular formula is C18H16N2O10S. The number of pyridine rings is 1. The van der Waals surface area contributed by atoms with Crippen molar-refractivity contribution in [2.75, 3.05) is 35.5 Å². The fraction of sp³-hybridized carbons (Fsp3) is 0.278. The molecule has 0 aromatic carbocycles. The average molecular weight is 452 g/mol. The monoisotopic (exact) mass is 452 g/mol. The number of thiazole rings is 1. The molecule has 0 amide bonds. The maximum Gasteiger partial charge on any atom is 0.358 e. The quantitative estimate of drug-likeness (QED) is 0.455. The second-order valence-electron chi connectivity index (χ2n) is 5.43. The molecule has 0 bridgehead atoms. The van der Waals surface area contributed by atoms with E-state index < -0.39 is 41.1 Å². The Bertz CT molecular complexity index is 1040. The molecule has 2 aromatic rings. The average Bonchev–Trinajstić information content (AvgIpc) is 3.25. The van der Waals surface area contributed by atoms with Crippen molar-refractivity contribution in [1.82, 2.24) is 9.97 Å². The highest BCUT2D eigenvalue weighted by molar-refractivity contribution is 7.17. The van der Waals surface area contributed by atoms with Crippen molar-refractivity contribution in [1.29, 1.82) is 0 Å². The number of methoxy groups -OCH3 is 5. The molecule has 0 atom stereocenters. The van der Waals surface area contributed by atoms with Gasteiger partial charge in [-0.05, 0) is 6.07 Å². The van der Waals surface area contributed by atoms with Crippen LogP contribution >= 0.6 is 11.3 Å². The Morgan fingerprint density at radius 3 is 1.77 bits per heavy atom. The Kier molecular flexibility index (Phi) is 7.37. The molecule has 0 fully saturated rings. The molecular weight excluding hydrogens is 436 g/mol. The first-order chi connectivity index (χ1) is 14.7. The molecule has 13 heteroatoms. The van der Waals surface area contributed by atoms with Gasteiger partial charge in [-0.1, -0.05) is 0 Å². The van der Waals surface area contributed by atoms with Crippen molar-refractivity contribution in [3.05, 3.63) is 33.5 Å². The summed E-state index contributed by atoms with van der Waals surface area (Å²) in [5, 5.41) is -0.169. The molecule has 2 heterocycles. The second-order valence-corrected chi connectivity index (χ2v) is 6.43. The van der Waals surface area contributed by atoms with E-state index in [0.29, 0.717) is 11.3 Å². The smallest absolute Gasteiger partial charge is 0.358 e. The summed E-state index contributed by atoms with van der Waals surface area (Å²) in [4.78, 5) is 68.8. The minimum atomic E-state index is -1.01. The van der Waals surface area contributed by atoms with Crippen molar-refractivity contribution in [3.63, 3.8) is 0 Å². The van der Waals surface area contributed by atoms with E-state index in [0.717, 1.165) is 41.6 Å². The third-order valence-electron chi connectivity index (χ3n) is 3.79. The topological polar surface area (TPSA) is 157 Å². The lowest BCUT2D eigenvalue weighted by Crippen LogP contribution is -2.17. The number of ether oxygens (including phenoxy) is 5. The summed E-state index contributed by atoms with van der Waals surface area (Å²) in [6, 6.07) is 0.990. The number of carbonyl (C=O) groups is 5. The fourth-order valence-corrected chi connectivity index (χ4v) is 3.34. The van der Waals surface area contributed by atoms with Crippen LogP contribution in [0.3, 0.4) is 0 Å². The van der Waals surface area contributed by atoms with Crippen LogP contribution in [0.1, 0.15) is 51.4 Å². The number of hydrogen-bond acceptors (Lipinski definition) is 13. The summed E-state index contributed by atoms with van der Waals surface area (Å²) in [6.45, 7) is 0. The molecule has 0 unspecified atom stereocenters. The van der Waals surface area contributed by atoms with Crippen LogP contribution in [0.5, 0.6) is 0 Å². The summed E-state index contributed by atoms with van der Waals surface area (Å²) in [5.74, 6) is -4.78. The van der Waals surface area contributed by atoms with Crippen molar-refractivity contribution < 1.29 is 47.7 Å². The van der Waals surface area contributed by atoms with Gasteiger partial charge in [-0.25, -0.2) is 33.9 Å². The maximum atomic E-state index is 12.5. The van der Waals surface area contributed by atoms with Gasteiger partial charge in [-0.15, -0.1) is 11.3 Å². The molecule has 31 heavy (non-hydrogen) atoms. The van der Waals surface area contributed by atoms with Gasteiger partial charge >= 0.3 is 29.8 Å². The molecule has 0 radical (unpaired) electrons.